The van der Waals surface area contributed by atoms with Gasteiger partial charge in [0.25, 0.3) is 0 Å². The average Bonchev–Trinajstić information content (AvgIpc) is 3.00. The molecule has 2 aromatic carbocycles. The van der Waals surface area contributed by atoms with Gasteiger partial charge in [-0.3, -0.25) is 14.5 Å². The van der Waals surface area contributed by atoms with Gasteiger partial charge in [0.05, 0.1) is 12.8 Å². The molecule has 1 aliphatic heterocycles. The molecule has 1 saturated heterocycles. The van der Waals surface area contributed by atoms with E-state index in [1.807, 2.05) is 32.0 Å². The number of amidine groups is 1. The van der Waals surface area contributed by atoms with Crippen molar-refractivity contribution in [3.05, 3.63) is 66.2 Å². The number of nitrogens with one attached hydrogen (secondary N) is 1. The predicted molar refractivity (Wildman–Crippen MR) is 123 cm³/mol. The Labute approximate surface area is 181 Å². The van der Waals surface area contributed by atoms with Gasteiger partial charge < -0.3 is 10.1 Å². The van der Waals surface area contributed by atoms with Crippen LogP contribution in [0.4, 0.5) is 11.4 Å². The Bertz CT molecular complexity index is 983. The summed E-state index contributed by atoms with van der Waals surface area (Å²) >= 11 is 1.32. The molecule has 0 aliphatic carbocycles. The topological polar surface area (TPSA) is 71.0 Å². The Hall–Kier alpha value is -3.06. The predicted octanol–water partition coefficient (Wildman–Crippen LogP) is 4.46. The number of rotatable bonds is 7. The van der Waals surface area contributed by atoms with E-state index in [2.05, 4.69) is 11.9 Å². The lowest BCUT2D eigenvalue weighted by Gasteiger charge is -2.14. The highest BCUT2D eigenvalue weighted by molar-refractivity contribution is 8.15. The van der Waals surface area contributed by atoms with Gasteiger partial charge in [-0.25, -0.2) is 4.99 Å². The number of para-hydroxylation sites is 1. The molecule has 0 radical (unpaired) electrons. The standard InChI is InChI=1S/C23H25N3O3S/c1-5-12-26-22(28)19(14-20(27)24-17-10-7-11-18(13-17)29-4)30-23(26)25-21-15(2)8-6-9-16(21)3/h5-11,13,19H,1,12,14H2,2-4H3,(H,24,27)/t19-/m0/s1. The zero-order valence-electron chi connectivity index (χ0n) is 17.3. The van der Waals surface area contributed by atoms with Crippen molar-refractivity contribution in [3.63, 3.8) is 0 Å². The summed E-state index contributed by atoms with van der Waals surface area (Å²) in [5.74, 6) is 0.283. The summed E-state index contributed by atoms with van der Waals surface area (Å²) in [6.07, 6.45) is 1.72. The molecule has 1 N–H and O–H groups in total. The largest absolute Gasteiger partial charge is 0.497 e. The van der Waals surface area contributed by atoms with Gasteiger partial charge in [-0.2, -0.15) is 0 Å². The molecule has 1 heterocycles. The number of aliphatic imine (C=N–C) groups is 1. The molecular weight excluding hydrogens is 398 g/mol. The Morgan fingerprint density at radius 1 is 1.27 bits per heavy atom. The first-order valence-electron chi connectivity index (χ1n) is 9.60. The van der Waals surface area contributed by atoms with Gasteiger partial charge in [-0.05, 0) is 37.1 Å². The molecule has 2 aromatic rings. The fourth-order valence-electron chi connectivity index (χ4n) is 3.18. The van der Waals surface area contributed by atoms with Gasteiger partial charge in [0.15, 0.2) is 5.17 Å². The number of anilines is 1. The van der Waals surface area contributed by atoms with Crippen molar-refractivity contribution >= 4 is 40.1 Å². The second-order valence-electron chi connectivity index (χ2n) is 6.96. The van der Waals surface area contributed by atoms with Crippen LogP contribution in [0.3, 0.4) is 0 Å². The minimum atomic E-state index is -0.529. The van der Waals surface area contributed by atoms with Crippen molar-refractivity contribution in [3.8, 4) is 5.75 Å². The first-order valence-corrected chi connectivity index (χ1v) is 10.5. The van der Waals surface area contributed by atoms with E-state index >= 15 is 0 Å². The highest BCUT2D eigenvalue weighted by Crippen LogP contribution is 2.33. The number of carbonyl (C=O) groups is 2. The third-order valence-electron chi connectivity index (χ3n) is 4.70. The van der Waals surface area contributed by atoms with E-state index < -0.39 is 5.25 Å². The second kappa shape index (κ2) is 9.63. The monoisotopic (exact) mass is 423 g/mol. The van der Waals surface area contributed by atoms with Crippen LogP contribution in [0.25, 0.3) is 0 Å². The maximum Gasteiger partial charge on any atom is 0.242 e. The lowest BCUT2D eigenvalue weighted by Crippen LogP contribution is -2.33. The molecule has 1 fully saturated rings. The summed E-state index contributed by atoms with van der Waals surface area (Å²) in [6.45, 7) is 8.08. The maximum atomic E-state index is 12.9. The number of thioether (sulfide) groups is 1. The minimum Gasteiger partial charge on any atom is -0.497 e. The lowest BCUT2D eigenvalue weighted by molar-refractivity contribution is -0.127. The van der Waals surface area contributed by atoms with Crippen LogP contribution in [0.5, 0.6) is 5.75 Å². The molecule has 7 heteroatoms. The number of amides is 2. The van der Waals surface area contributed by atoms with Crippen molar-refractivity contribution in [2.75, 3.05) is 19.0 Å². The summed E-state index contributed by atoms with van der Waals surface area (Å²) in [6, 6.07) is 13.1. The molecule has 0 aromatic heterocycles. The highest BCUT2D eigenvalue weighted by Gasteiger charge is 2.38. The van der Waals surface area contributed by atoms with Gasteiger partial charge in [0, 0.05) is 24.7 Å². The molecule has 1 aliphatic rings. The summed E-state index contributed by atoms with van der Waals surface area (Å²) in [7, 11) is 1.57. The first kappa shape index (κ1) is 21.6. The zero-order chi connectivity index (χ0) is 21.7. The Balaban J connectivity index is 1.77. The van der Waals surface area contributed by atoms with Gasteiger partial charge in [0.1, 0.15) is 11.0 Å². The van der Waals surface area contributed by atoms with Gasteiger partial charge in [-0.1, -0.05) is 42.1 Å². The molecule has 1 atom stereocenters. The molecule has 2 amide bonds. The molecule has 0 unspecified atom stereocenters. The summed E-state index contributed by atoms with van der Waals surface area (Å²) in [4.78, 5) is 31.8. The van der Waals surface area contributed by atoms with Crippen LogP contribution < -0.4 is 10.1 Å². The lowest BCUT2D eigenvalue weighted by atomic mass is 10.1. The number of hydrogen-bond acceptors (Lipinski definition) is 5. The summed E-state index contributed by atoms with van der Waals surface area (Å²) in [5.41, 5.74) is 3.55. The van der Waals surface area contributed by atoms with Crippen LogP contribution >= 0.6 is 11.8 Å². The Kier molecular flexibility index (Phi) is 6.95. The molecule has 0 spiro atoms. The number of aryl methyl sites for hydroxylation is 2. The van der Waals surface area contributed by atoms with E-state index in [0.717, 1.165) is 16.8 Å². The van der Waals surface area contributed by atoms with Crippen LogP contribution in [0, 0.1) is 13.8 Å². The molecule has 0 bridgehead atoms. The van der Waals surface area contributed by atoms with Crippen molar-refractivity contribution in [1.29, 1.82) is 0 Å². The molecule has 3 rings (SSSR count). The van der Waals surface area contributed by atoms with Gasteiger partial charge >= 0.3 is 0 Å². The fourth-order valence-corrected chi connectivity index (χ4v) is 4.33. The number of hydrogen-bond donors (Lipinski definition) is 1. The Morgan fingerprint density at radius 2 is 1.97 bits per heavy atom. The summed E-state index contributed by atoms with van der Waals surface area (Å²) < 4.78 is 5.18. The summed E-state index contributed by atoms with van der Waals surface area (Å²) in [5, 5.41) is 2.90. The third kappa shape index (κ3) is 4.91. The quantitative estimate of drug-likeness (QED) is 0.668. The van der Waals surface area contributed by atoms with E-state index in [9.17, 15) is 9.59 Å². The van der Waals surface area contributed by atoms with E-state index in [4.69, 9.17) is 9.73 Å². The van der Waals surface area contributed by atoms with Crippen LogP contribution in [0.2, 0.25) is 0 Å². The molecule has 6 nitrogen and oxygen atoms in total. The number of carbonyl (C=O) groups excluding carboxylic acids is 2. The van der Waals surface area contributed by atoms with E-state index in [0.29, 0.717) is 23.1 Å². The third-order valence-corrected chi connectivity index (χ3v) is 5.88. The minimum absolute atomic E-state index is 0.0557. The van der Waals surface area contributed by atoms with Crippen LogP contribution in [0.15, 0.2) is 60.1 Å². The zero-order valence-corrected chi connectivity index (χ0v) is 18.2. The first-order chi connectivity index (χ1) is 14.4. The molecule has 30 heavy (non-hydrogen) atoms. The molecular formula is C23H25N3O3S. The van der Waals surface area contributed by atoms with Crippen LogP contribution in [-0.2, 0) is 9.59 Å². The van der Waals surface area contributed by atoms with E-state index in [1.54, 1.807) is 42.4 Å². The van der Waals surface area contributed by atoms with Gasteiger partial charge in [0.2, 0.25) is 11.8 Å². The van der Waals surface area contributed by atoms with Crippen molar-refractivity contribution in [1.82, 2.24) is 4.90 Å². The second-order valence-corrected chi connectivity index (χ2v) is 8.13. The van der Waals surface area contributed by atoms with Crippen molar-refractivity contribution in [2.45, 2.75) is 25.5 Å². The molecule has 0 saturated carbocycles. The smallest absolute Gasteiger partial charge is 0.242 e. The Morgan fingerprint density at radius 3 is 2.63 bits per heavy atom. The number of ether oxygens (including phenoxy) is 1. The fraction of sp³-hybridized carbons (Fsp3) is 0.261. The number of methoxy groups -OCH3 is 1. The number of nitrogens with zero attached hydrogens (tertiary/aromatic N) is 2. The average molecular weight is 424 g/mol. The van der Waals surface area contributed by atoms with E-state index in [-0.39, 0.29) is 18.2 Å². The van der Waals surface area contributed by atoms with Gasteiger partial charge in [-0.15, -0.1) is 6.58 Å². The highest BCUT2D eigenvalue weighted by atomic mass is 32.2. The van der Waals surface area contributed by atoms with Crippen LogP contribution in [-0.4, -0.2) is 40.8 Å². The van der Waals surface area contributed by atoms with E-state index in [1.165, 1.54) is 11.8 Å². The van der Waals surface area contributed by atoms with Crippen molar-refractivity contribution < 1.29 is 14.3 Å². The number of benzene rings is 2. The molecule has 156 valence electrons. The maximum absolute atomic E-state index is 12.9. The SMILES string of the molecule is C=CCN1C(=O)[C@H](CC(=O)Nc2cccc(OC)c2)SC1=Nc1c(C)cccc1C. The van der Waals surface area contributed by atoms with Crippen molar-refractivity contribution in [2.24, 2.45) is 4.99 Å². The van der Waals surface area contributed by atoms with Crippen LogP contribution in [0.1, 0.15) is 17.5 Å². The normalized spacial score (nSPS) is 17.3.